The van der Waals surface area contributed by atoms with Gasteiger partial charge in [0.1, 0.15) is 0 Å². The summed E-state index contributed by atoms with van der Waals surface area (Å²) < 4.78 is 1.33. The number of nitrogen functional groups attached to an aromatic ring is 1. The van der Waals surface area contributed by atoms with Crippen molar-refractivity contribution in [3.05, 3.63) is 17.0 Å². The Morgan fingerprint density at radius 1 is 1.24 bits per heavy atom. The zero-order valence-corrected chi connectivity index (χ0v) is 10.0. The quantitative estimate of drug-likeness (QED) is 0.304. The fourth-order valence-electron chi connectivity index (χ4n) is 1.58. The lowest BCUT2D eigenvalue weighted by Crippen LogP contribution is -2.23. The highest BCUT2D eigenvalue weighted by atomic mass is 15.3. The summed E-state index contributed by atoms with van der Waals surface area (Å²) in [6.07, 6.45) is 0. The van der Waals surface area contributed by atoms with Gasteiger partial charge >= 0.3 is 0 Å². The molecule has 0 spiro atoms. The smallest absolute Gasteiger partial charge is 0.213 e. The van der Waals surface area contributed by atoms with Gasteiger partial charge in [0, 0.05) is 5.56 Å². The number of aryl methyl sites for hydroxylation is 1. The highest BCUT2D eigenvalue weighted by Crippen LogP contribution is 2.13. The van der Waals surface area contributed by atoms with E-state index in [0.29, 0.717) is 11.4 Å². The lowest BCUT2D eigenvalue weighted by molar-refractivity contribution is 0.863. The standard InChI is InChI=1S/C9H16N8/c1-4(14-15-8(10)11)7-5(2)16-17(6(7)3)9(12)13/h1-3H3,(H3,12,13)(H4,10,11,15)/b14-4-. The number of hydrogen-bond acceptors (Lipinski definition) is 4. The zero-order chi connectivity index (χ0) is 13.2. The molecule has 1 rings (SSSR count). The number of nitrogens with one attached hydrogen (secondary N) is 1. The molecule has 0 radical (unpaired) electrons. The van der Waals surface area contributed by atoms with Gasteiger partial charge in [-0.15, -0.1) is 5.10 Å². The van der Waals surface area contributed by atoms with Crippen molar-refractivity contribution in [2.24, 2.45) is 27.4 Å². The molecule has 0 fully saturated rings. The van der Waals surface area contributed by atoms with Gasteiger partial charge in [0.05, 0.1) is 17.1 Å². The lowest BCUT2D eigenvalue weighted by Gasteiger charge is -2.01. The van der Waals surface area contributed by atoms with E-state index in [1.807, 2.05) is 0 Å². The first-order chi connectivity index (χ1) is 7.84. The Kier molecular flexibility index (Phi) is 3.46. The molecule has 0 bridgehead atoms. The van der Waals surface area contributed by atoms with Gasteiger partial charge in [-0.25, -0.2) is 4.68 Å². The maximum absolute atomic E-state index is 7.37. The normalized spacial score (nSPS) is 11.4. The van der Waals surface area contributed by atoms with Gasteiger partial charge in [-0.3, -0.25) is 5.41 Å². The van der Waals surface area contributed by atoms with E-state index in [0.717, 1.165) is 11.3 Å². The third-order valence-corrected chi connectivity index (χ3v) is 2.20. The average molecular weight is 236 g/mol. The first kappa shape index (κ1) is 12.7. The van der Waals surface area contributed by atoms with Crippen LogP contribution in [0.3, 0.4) is 0 Å². The summed E-state index contributed by atoms with van der Waals surface area (Å²) in [7, 11) is 0. The van der Waals surface area contributed by atoms with E-state index in [9.17, 15) is 0 Å². The predicted molar refractivity (Wildman–Crippen MR) is 67.0 cm³/mol. The van der Waals surface area contributed by atoms with Crippen LogP contribution in [0.2, 0.25) is 0 Å². The number of aromatic nitrogens is 2. The van der Waals surface area contributed by atoms with Crippen LogP contribution < -0.4 is 17.2 Å². The summed E-state index contributed by atoms with van der Waals surface area (Å²) in [6.45, 7) is 5.36. The molecule has 1 heterocycles. The number of nitrogens with two attached hydrogens (primary N) is 3. The molecule has 0 aromatic carbocycles. The SMILES string of the molecule is C/C(=N/N=C(N)N)c1c(C)nn(C(=N)N)c1C. The van der Waals surface area contributed by atoms with Gasteiger partial charge in [0.2, 0.25) is 11.9 Å². The molecule has 0 aliphatic rings. The van der Waals surface area contributed by atoms with E-state index in [-0.39, 0.29) is 11.9 Å². The highest BCUT2D eigenvalue weighted by molar-refractivity contribution is 6.01. The average Bonchev–Trinajstić information content (AvgIpc) is 2.51. The molecular formula is C9H16N8. The molecule has 0 saturated carbocycles. The summed E-state index contributed by atoms with van der Waals surface area (Å²) in [5.41, 5.74) is 18.6. The predicted octanol–water partition coefficient (Wildman–Crippen LogP) is -0.761. The van der Waals surface area contributed by atoms with Gasteiger partial charge in [0.25, 0.3) is 0 Å². The van der Waals surface area contributed by atoms with Crippen molar-refractivity contribution in [3.8, 4) is 0 Å². The number of hydrogen-bond donors (Lipinski definition) is 4. The first-order valence-electron chi connectivity index (χ1n) is 4.88. The summed E-state index contributed by atoms with van der Waals surface area (Å²) in [6, 6.07) is 0. The second-order valence-electron chi connectivity index (χ2n) is 3.55. The van der Waals surface area contributed by atoms with Crippen LogP contribution >= 0.6 is 0 Å². The molecule has 8 heteroatoms. The molecule has 7 N–H and O–H groups in total. The van der Waals surface area contributed by atoms with Crippen molar-refractivity contribution < 1.29 is 0 Å². The van der Waals surface area contributed by atoms with Crippen molar-refractivity contribution in [2.75, 3.05) is 0 Å². The van der Waals surface area contributed by atoms with Crippen LogP contribution in [0.15, 0.2) is 10.2 Å². The summed E-state index contributed by atoms with van der Waals surface area (Å²) in [5, 5.41) is 19.0. The van der Waals surface area contributed by atoms with E-state index in [1.165, 1.54) is 4.68 Å². The van der Waals surface area contributed by atoms with Crippen molar-refractivity contribution in [3.63, 3.8) is 0 Å². The van der Waals surface area contributed by atoms with E-state index < -0.39 is 0 Å². The van der Waals surface area contributed by atoms with Gasteiger partial charge in [-0.05, 0) is 20.8 Å². The fraction of sp³-hybridized carbons (Fsp3) is 0.333. The monoisotopic (exact) mass is 236 g/mol. The molecule has 1 aromatic rings. The largest absolute Gasteiger partial charge is 0.369 e. The van der Waals surface area contributed by atoms with Gasteiger partial charge in [0.15, 0.2) is 0 Å². The van der Waals surface area contributed by atoms with E-state index in [2.05, 4.69) is 15.3 Å². The minimum absolute atomic E-state index is 0.112. The maximum Gasteiger partial charge on any atom is 0.213 e. The fourth-order valence-corrected chi connectivity index (χ4v) is 1.58. The minimum Gasteiger partial charge on any atom is -0.369 e. The Morgan fingerprint density at radius 2 is 1.82 bits per heavy atom. The van der Waals surface area contributed by atoms with Crippen LogP contribution in [0.5, 0.6) is 0 Å². The highest BCUT2D eigenvalue weighted by Gasteiger charge is 2.15. The number of guanidine groups is 1. The second-order valence-corrected chi connectivity index (χ2v) is 3.55. The third-order valence-electron chi connectivity index (χ3n) is 2.20. The van der Waals surface area contributed by atoms with E-state index >= 15 is 0 Å². The molecular weight excluding hydrogens is 220 g/mol. The Labute approximate surface area is 98.7 Å². The summed E-state index contributed by atoms with van der Waals surface area (Å²) >= 11 is 0. The van der Waals surface area contributed by atoms with E-state index in [4.69, 9.17) is 22.6 Å². The minimum atomic E-state index is -0.147. The third kappa shape index (κ3) is 2.60. The number of nitrogens with zero attached hydrogens (tertiary/aromatic N) is 4. The lowest BCUT2D eigenvalue weighted by atomic mass is 10.1. The maximum atomic E-state index is 7.37. The summed E-state index contributed by atoms with van der Waals surface area (Å²) in [5.74, 6) is -0.259. The van der Waals surface area contributed by atoms with Crippen LogP contribution in [0, 0.1) is 19.3 Å². The molecule has 0 atom stereocenters. The molecule has 92 valence electrons. The van der Waals surface area contributed by atoms with Crippen molar-refractivity contribution in [1.29, 1.82) is 5.41 Å². The van der Waals surface area contributed by atoms with Crippen LogP contribution in [0.4, 0.5) is 0 Å². The molecule has 1 aromatic heterocycles. The molecule has 0 aliphatic carbocycles. The molecule has 0 unspecified atom stereocenters. The van der Waals surface area contributed by atoms with Gasteiger partial charge in [-0.1, -0.05) is 0 Å². The topological polar surface area (TPSA) is 144 Å². The second kappa shape index (κ2) is 4.64. The Balaban J connectivity index is 3.28. The first-order valence-corrected chi connectivity index (χ1v) is 4.88. The number of rotatable bonds is 2. The molecule has 0 amide bonds. The Morgan fingerprint density at radius 3 is 2.24 bits per heavy atom. The molecule has 17 heavy (non-hydrogen) atoms. The van der Waals surface area contributed by atoms with Crippen LogP contribution in [-0.4, -0.2) is 27.4 Å². The zero-order valence-electron chi connectivity index (χ0n) is 10.0. The Hall–Kier alpha value is -2.38. The van der Waals surface area contributed by atoms with Crippen LogP contribution in [0.1, 0.15) is 23.9 Å². The van der Waals surface area contributed by atoms with E-state index in [1.54, 1.807) is 20.8 Å². The van der Waals surface area contributed by atoms with Crippen molar-refractivity contribution in [1.82, 2.24) is 9.78 Å². The van der Waals surface area contributed by atoms with Crippen molar-refractivity contribution >= 4 is 17.6 Å². The Bertz CT molecular complexity index is 503. The molecule has 0 aliphatic heterocycles. The van der Waals surface area contributed by atoms with Gasteiger partial charge in [-0.2, -0.15) is 10.2 Å². The van der Waals surface area contributed by atoms with Crippen LogP contribution in [-0.2, 0) is 0 Å². The van der Waals surface area contributed by atoms with Gasteiger partial charge < -0.3 is 17.2 Å². The summed E-state index contributed by atoms with van der Waals surface area (Å²) in [4.78, 5) is 0. The molecule has 0 saturated heterocycles. The molecule has 8 nitrogen and oxygen atoms in total. The van der Waals surface area contributed by atoms with Crippen molar-refractivity contribution in [2.45, 2.75) is 20.8 Å². The van der Waals surface area contributed by atoms with Crippen LogP contribution in [0.25, 0.3) is 0 Å².